The minimum Gasteiger partial charge on any atom is -0.339 e. The van der Waals surface area contributed by atoms with Crippen LogP contribution in [0.3, 0.4) is 0 Å². The number of hydrogen-bond acceptors (Lipinski definition) is 6. The Balaban J connectivity index is 1.78. The van der Waals surface area contributed by atoms with Crippen LogP contribution in [0, 0.1) is 0 Å². The SMILES string of the molecule is O=C1CCCCCC1c1nc(C2CCS(=O)(=O)C2)no1. The molecule has 0 radical (unpaired) electrons. The van der Waals surface area contributed by atoms with E-state index < -0.39 is 9.84 Å². The van der Waals surface area contributed by atoms with Crippen LogP contribution in [0.5, 0.6) is 0 Å². The maximum absolute atomic E-state index is 12.0. The molecular weight excluding hydrogens is 280 g/mol. The highest BCUT2D eigenvalue weighted by Gasteiger charge is 2.34. The topological polar surface area (TPSA) is 90.1 Å². The molecule has 2 atom stereocenters. The number of ketones is 1. The molecule has 0 aromatic carbocycles. The number of rotatable bonds is 2. The molecule has 2 heterocycles. The Morgan fingerprint density at radius 2 is 2.00 bits per heavy atom. The smallest absolute Gasteiger partial charge is 0.237 e. The van der Waals surface area contributed by atoms with Crippen LogP contribution in [-0.2, 0) is 14.6 Å². The highest BCUT2D eigenvalue weighted by Crippen LogP contribution is 2.31. The third kappa shape index (κ3) is 2.77. The van der Waals surface area contributed by atoms with E-state index in [0.717, 1.165) is 25.7 Å². The molecule has 0 bridgehead atoms. The van der Waals surface area contributed by atoms with Crippen molar-refractivity contribution in [3.63, 3.8) is 0 Å². The van der Waals surface area contributed by atoms with Crippen molar-refractivity contribution in [2.45, 2.75) is 50.4 Å². The molecule has 1 aromatic heterocycles. The molecule has 6 nitrogen and oxygen atoms in total. The van der Waals surface area contributed by atoms with Gasteiger partial charge in [0.25, 0.3) is 0 Å². The van der Waals surface area contributed by atoms with Gasteiger partial charge < -0.3 is 4.52 Å². The summed E-state index contributed by atoms with van der Waals surface area (Å²) in [6.45, 7) is 0. The summed E-state index contributed by atoms with van der Waals surface area (Å²) in [5.41, 5.74) is 0. The predicted molar refractivity (Wildman–Crippen MR) is 71.1 cm³/mol. The molecule has 2 fully saturated rings. The lowest BCUT2D eigenvalue weighted by Gasteiger charge is -2.06. The van der Waals surface area contributed by atoms with Crippen LogP contribution in [0.15, 0.2) is 4.52 Å². The summed E-state index contributed by atoms with van der Waals surface area (Å²) in [6, 6.07) is 0. The predicted octanol–water partition coefficient (Wildman–Crippen LogP) is 1.59. The van der Waals surface area contributed by atoms with Crippen LogP contribution in [0.25, 0.3) is 0 Å². The molecule has 2 unspecified atom stereocenters. The first-order valence-electron chi connectivity index (χ1n) is 7.12. The van der Waals surface area contributed by atoms with Crippen LogP contribution >= 0.6 is 0 Å². The second-order valence-corrected chi connectivity index (χ2v) is 7.94. The van der Waals surface area contributed by atoms with E-state index in [1.165, 1.54) is 0 Å². The molecule has 1 saturated carbocycles. The second kappa shape index (κ2) is 5.27. The third-order valence-corrected chi connectivity index (χ3v) is 5.93. The fourth-order valence-corrected chi connectivity index (χ4v) is 4.71. The Hall–Kier alpha value is -1.24. The highest BCUT2D eigenvalue weighted by molar-refractivity contribution is 7.91. The van der Waals surface area contributed by atoms with E-state index in [9.17, 15) is 13.2 Å². The largest absolute Gasteiger partial charge is 0.339 e. The second-order valence-electron chi connectivity index (χ2n) is 5.71. The third-order valence-electron chi connectivity index (χ3n) is 4.16. The minimum atomic E-state index is -2.96. The van der Waals surface area contributed by atoms with E-state index in [0.29, 0.717) is 24.6 Å². The van der Waals surface area contributed by atoms with Gasteiger partial charge in [-0.3, -0.25) is 4.79 Å². The van der Waals surface area contributed by atoms with Gasteiger partial charge in [0.2, 0.25) is 5.89 Å². The number of hydrogen-bond donors (Lipinski definition) is 0. The van der Waals surface area contributed by atoms with Crippen molar-refractivity contribution in [2.75, 3.05) is 11.5 Å². The standard InChI is InChI=1S/C13H18N2O4S/c16-11-5-3-1-2-4-10(11)13-14-12(15-19-13)9-6-7-20(17,18)8-9/h9-10H,1-8H2. The molecule has 0 N–H and O–H groups in total. The van der Waals surface area contributed by atoms with Crippen molar-refractivity contribution < 1.29 is 17.7 Å². The van der Waals surface area contributed by atoms with Gasteiger partial charge >= 0.3 is 0 Å². The van der Waals surface area contributed by atoms with Gasteiger partial charge in [0.15, 0.2) is 15.7 Å². The zero-order chi connectivity index (χ0) is 14.2. The van der Waals surface area contributed by atoms with E-state index >= 15 is 0 Å². The van der Waals surface area contributed by atoms with E-state index in [2.05, 4.69) is 10.1 Å². The average molecular weight is 298 g/mol. The van der Waals surface area contributed by atoms with Crippen molar-refractivity contribution in [3.8, 4) is 0 Å². The minimum absolute atomic E-state index is 0.0879. The van der Waals surface area contributed by atoms with Gasteiger partial charge in [-0.25, -0.2) is 8.42 Å². The molecule has 110 valence electrons. The molecule has 0 amide bonds. The fourth-order valence-electron chi connectivity index (χ4n) is 2.97. The number of sulfone groups is 1. The van der Waals surface area contributed by atoms with Gasteiger partial charge in [-0.15, -0.1) is 0 Å². The first-order chi connectivity index (χ1) is 9.55. The van der Waals surface area contributed by atoms with Crippen LogP contribution in [-0.4, -0.2) is 35.8 Å². The van der Waals surface area contributed by atoms with Gasteiger partial charge in [-0.2, -0.15) is 4.98 Å². The summed E-state index contributed by atoms with van der Waals surface area (Å²) in [4.78, 5) is 16.3. The van der Waals surface area contributed by atoms with Crippen molar-refractivity contribution >= 4 is 15.6 Å². The van der Waals surface area contributed by atoms with Crippen molar-refractivity contribution in [2.24, 2.45) is 0 Å². The maximum Gasteiger partial charge on any atom is 0.237 e. The Bertz CT molecular complexity index is 608. The van der Waals surface area contributed by atoms with Gasteiger partial charge in [0, 0.05) is 12.3 Å². The van der Waals surface area contributed by atoms with E-state index in [1.807, 2.05) is 0 Å². The number of Topliss-reactive ketones (excluding diaryl/α,β-unsaturated/α-hetero) is 1. The van der Waals surface area contributed by atoms with Crippen LogP contribution in [0.4, 0.5) is 0 Å². The first-order valence-corrected chi connectivity index (χ1v) is 8.94. The van der Waals surface area contributed by atoms with Crippen molar-refractivity contribution in [1.29, 1.82) is 0 Å². The zero-order valence-electron chi connectivity index (χ0n) is 11.2. The van der Waals surface area contributed by atoms with Crippen LogP contribution in [0.2, 0.25) is 0 Å². The number of nitrogens with zero attached hydrogens (tertiary/aromatic N) is 2. The number of carbonyl (C=O) groups is 1. The molecule has 1 aliphatic heterocycles. The lowest BCUT2D eigenvalue weighted by molar-refractivity contribution is -0.120. The summed E-state index contributed by atoms with van der Waals surface area (Å²) in [7, 11) is -2.96. The molecule has 3 rings (SSSR count). The van der Waals surface area contributed by atoms with Crippen LogP contribution < -0.4 is 0 Å². The van der Waals surface area contributed by atoms with Gasteiger partial charge in [-0.05, 0) is 19.3 Å². The average Bonchev–Trinajstić information content (AvgIpc) is 2.94. The Morgan fingerprint density at radius 1 is 1.15 bits per heavy atom. The lowest BCUT2D eigenvalue weighted by atomic mass is 9.99. The molecule has 20 heavy (non-hydrogen) atoms. The molecule has 0 spiro atoms. The monoisotopic (exact) mass is 298 g/mol. The van der Waals surface area contributed by atoms with Crippen molar-refractivity contribution in [1.82, 2.24) is 10.1 Å². The number of carbonyl (C=O) groups excluding carboxylic acids is 1. The zero-order valence-corrected chi connectivity index (χ0v) is 12.1. The van der Waals surface area contributed by atoms with E-state index in [-0.39, 0.29) is 29.1 Å². The van der Waals surface area contributed by atoms with Crippen molar-refractivity contribution in [3.05, 3.63) is 11.7 Å². The lowest BCUT2D eigenvalue weighted by Crippen LogP contribution is -2.11. The van der Waals surface area contributed by atoms with Crippen LogP contribution in [0.1, 0.15) is 62.1 Å². The Kier molecular flexibility index (Phi) is 3.62. The molecule has 7 heteroatoms. The summed E-state index contributed by atoms with van der Waals surface area (Å²) < 4.78 is 28.2. The highest BCUT2D eigenvalue weighted by atomic mass is 32.2. The summed E-state index contributed by atoms with van der Waals surface area (Å²) >= 11 is 0. The first kappa shape index (κ1) is 13.7. The van der Waals surface area contributed by atoms with E-state index in [4.69, 9.17) is 4.52 Å². The summed E-state index contributed by atoms with van der Waals surface area (Å²) in [5, 5.41) is 3.90. The molecule has 1 saturated heterocycles. The van der Waals surface area contributed by atoms with Gasteiger partial charge in [0.05, 0.1) is 17.4 Å². The fraction of sp³-hybridized carbons (Fsp3) is 0.769. The molecule has 2 aliphatic rings. The Labute approximate surface area is 117 Å². The maximum atomic E-state index is 12.0. The summed E-state index contributed by atoms with van der Waals surface area (Å²) in [6.07, 6.45) is 4.84. The quantitative estimate of drug-likeness (QED) is 0.770. The van der Waals surface area contributed by atoms with E-state index in [1.54, 1.807) is 0 Å². The Morgan fingerprint density at radius 3 is 2.75 bits per heavy atom. The molecular formula is C13H18N2O4S. The molecule has 1 aromatic rings. The molecule has 1 aliphatic carbocycles. The van der Waals surface area contributed by atoms with Gasteiger partial charge in [0.1, 0.15) is 5.78 Å². The normalized spacial score (nSPS) is 30.3. The summed E-state index contributed by atoms with van der Waals surface area (Å²) in [5.74, 6) is 0.773. The number of aromatic nitrogens is 2. The van der Waals surface area contributed by atoms with Gasteiger partial charge in [-0.1, -0.05) is 18.0 Å².